The van der Waals surface area contributed by atoms with Crippen molar-refractivity contribution in [3.8, 4) is 0 Å². The highest BCUT2D eigenvalue weighted by Crippen LogP contribution is 2.28. The number of aryl methyl sites for hydroxylation is 1. The molecule has 8 atom stereocenters. The summed E-state index contributed by atoms with van der Waals surface area (Å²) < 4.78 is 40.1. The van der Waals surface area contributed by atoms with Crippen molar-refractivity contribution in [2.45, 2.75) is 95.7 Å². The predicted octanol–water partition coefficient (Wildman–Crippen LogP) is 1.40. The summed E-state index contributed by atoms with van der Waals surface area (Å²) in [6, 6.07) is 1.10. The first-order chi connectivity index (χ1) is 27.6. The van der Waals surface area contributed by atoms with Gasteiger partial charge in [0.1, 0.15) is 54.0 Å². The minimum absolute atomic E-state index is 0.0146. The van der Waals surface area contributed by atoms with Crippen LogP contribution < -0.4 is 21.3 Å². The molecular formula is C40H49F2N7O9. The molecule has 0 aliphatic carbocycles. The van der Waals surface area contributed by atoms with Crippen molar-refractivity contribution in [2.24, 2.45) is 5.92 Å². The maximum absolute atomic E-state index is 14.7. The molecule has 4 aliphatic heterocycles. The van der Waals surface area contributed by atoms with Gasteiger partial charge < -0.3 is 45.4 Å². The predicted molar refractivity (Wildman–Crippen MR) is 203 cm³/mol. The van der Waals surface area contributed by atoms with Crippen LogP contribution in [0.15, 0.2) is 42.5 Å². The molecule has 7 amide bonds. The van der Waals surface area contributed by atoms with Gasteiger partial charge in [0, 0.05) is 37.8 Å². The molecule has 6 rings (SSSR count). The minimum Gasteiger partial charge on any atom is -0.458 e. The molecule has 312 valence electrons. The molecule has 4 saturated heterocycles. The number of hydrogen-bond donors (Lipinski definition) is 4. The molecule has 4 N–H and O–H groups in total. The number of morpholine rings is 1. The molecule has 0 spiro atoms. The number of benzene rings is 2. The van der Waals surface area contributed by atoms with Crippen LogP contribution >= 0.6 is 0 Å². The third-order valence-electron chi connectivity index (χ3n) is 11.0. The van der Waals surface area contributed by atoms with E-state index in [0.717, 1.165) is 17.7 Å². The van der Waals surface area contributed by atoms with Crippen LogP contribution in [0.4, 0.5) is 19.3 Å². The van der Waals surface area contributed by atoms with Crippen LogP contribution in [0.25, 0.3) is 0 Å². The Morgan fingerprint density at radius 2 is 1.57 bits per heavy atom. The highest BCUT2D eigenvalue weighted by atomic mass is 19.1. The van der Waals surface area contributed by atoms with Gasteiger partial charge in [-0.3, -0.25) is 24.0 Å². The first-order valence-corrected chi connectivity index (χ1v) is 19.5. The monoisotopic (exact) mass is 809 g/mol. The second-order valence-corrected chi connectivity index (χ2v) is 15.5. The van der Waals surface area contributed by atoms with Crippen molar-refractivity contribution in [2.75, 3.05) is 38.2 Å². The van der Waals surface area contributed by atoms with E-state index in [1.807, 2.05) is 13.8 Å². The Morgan fingerprint density at radius 1 is 0.879 bits per heavy atom. The molecule has 58 heavy (non-hydrogen) atoms. The standard InChI is InChI=1S/C40H49F2N7O9/c1-21-7-9-28(10-8-21)44-40(56)45-29(17-25-15-26(41)18-27(42)16-25)34(50)46-33-24(4)58-39(55)31-14-22(2)19-49(31)36(52)23(3)43-35(51)32-20-57-13-12-48(32)37(53)30-6-5-11-47(30)38(33)54/h7-10,15-16,18,22-24,29-33H,5-6,11-14,17,19-20H2,1-4H3,(H,43,51)(H,46,50)(H2,44,45,56)/t22-,23-,24-,29?,30-,31-,32-,33-/m0/s1. The van der Waals surface area contributed by atoms with Gasteiger partial charge in [0.2, 0.25) is 29.5 Å². The zero-order valence-corrected chi connectivity index (χ0v) is 32.8. The van der Waals surface area contributed by atoms with Crippen LogP contribution in [0.1, 0.15) is 51.2 Å². The van der Waals surface area contributed by atoms with E-state index in [0.29, 0.717) is 18.2 Å². The highest BCUT2D eigenvalue weighted by molar-refractivity contribution is 5.99. The van der Waals surface area contributed by atoms with Crippen LogP contribution in [0.2, 0.25) is 0 Å². The molecule has 16 nitrogen and oxygen atoms in total. The lowest BCUT2D eigenvalue weighted by Gasteiger charge is -2.39. The van der Waals surface area contributed by atoms with Crippen molar-refractivity contribution >= 4 is 47.2 Å². The Labute approximate surface area is 334 Å². The van der Waals surface area contributed by atoms with Gasteiger partial charge >= 0.3 is 12.0 Å². The summed E-state index contributed by atoms with van der Waals surface area (Å²) >= 11 is 0. The molecule has 4 heterocycles. The number of anilines is 1. The number of urea groups is 1. The summed E-state index contributed by atoms with van der Waals surface area (Å²) in [6.07, 6.45) is -0.959. The van der Waals surface area contributed by atoms with Crippen LogP contribution in [0, 0.1) is 24.5 Å². The maximum Gasteiger partial charge on any atom is 0.329 e. The van der Waals surface area contributed by atoms with Crippen molar-refractivity contribution in [1.82, 2.24) is 30.7 Å². The maximum atomic E-state index is 14.7. The van der Waals surface area contributed by atoms with E-state index in [2.05, 4.69) is 21.3 Å². The van der Waals surface area contributed by atoms with Crippen molar-refractivity contribution < 1.29 is 51.8 Å². The number of esters is 1. The first-order valence-electron chi connectivity index (χ1n) is 19.5. The summed E-state index contributed by atoms with van der Waals surface area (Å²) in [5.41, 5.74) is 1.33. The highest BCUT2D eigenvalue weighted by Gasteiger charge is 2.47. The van der Waals surface area contributed by atoms with E-state index in [1.54, 1.807) is 24.3 Å². The Balaban J connectivity index is 1.34. The third-order valence-corrected chi connectivity index (χ3v) is 11.0. The molecule has 4 aliphatic rings. The lowest BCUT2D eigenvalue weighted by molar-refractivity contribution is -0.164. The zero-order valence-electron chi connectivity index (χ0n) is 32.8. The quantitative estimate of drug-likeness (QED) is 0.312. The van der Waals surface area contributed by atoms with E-state index >= 15 is 0 Å². The average Bonchev–Trinajstić information content (AvgIpc) is 3.83. The molecule has 0 radical (unpaired) electrons. The zero-order chi connectivity index (χ0) is 41.8. The number of nitrogens with zero attached hydrogens (tertiary/aromatic N) is 3. The SMILES string of the molecule is Cc1ccc(NC(=O)NC(Cc2cc(F)cc(F)c2)C(=O)N[C@@H]2C(=O)N3CCC[C@H]3C(=O)N3CCOC[C@H]3C(=O)N[C@@H](C)C(=O)N3C[C@@H](C)C[C@H]3C(=O)O[C@H]2C)cc1. The number of fused-ring (bicyclic) bond motifs is 3. The number of rotatable bonds is 6. The summed E-state index contributed by atoms with van der Waals surface area (Å²) in [5, 5.41) is 10.4. The molecule has 0 saturated carbocycles. The number of hydrogen-bond acceptors (Lipinski definition) is 9. The normalized spacial score (nSPS) is 27.5. The summed E-state index contributed by atoms with van der Waals surface area (Å²) in [4.78, 5) is 102. The first kappa shape index (κ1) is 42.0. The van der Waals surface area contributed by atoms with E-state index in [4.69, 9.17) is 9.47 Å². The van der Waals surface area contributed by atoms with Crippen molar-refractivity contribution in [3.63, 3.8) is 0 Å². The molecule has 2 aromatic rings. The van der Waals surface area contributed by atoms with Crippen molar-refractivity contribution in [3.05, 3.63) is 65.2 Å². The fourth-order valence-electron chi connectivity index (χ4n) is 7.97. The topological polar surface area (TPSA) is 196 Å². The van der Waals surface area contributed by atoms with Gasteiger partial charge in [0.05, 0.1) is 13.2 Å². The lowest BCUT2D eigenvalue weighted by atomic mass is 10.0. The fourth-order valence-corrected chi connectivity index (χ4v) is 7.97. The summed E-state index contributed by atoms with van der Waals surface area (Å²) in [7, 11) is 0. The molecule has 0 bridgehead atoms. The summed E-state index contributed by atoms with van der Waals surface area (Å²) in [5.74, 6) is -6.30. The number of carbonyl (C=O) groups is 7. The van der Waals surface area contributed by atoms with Gasteiger partial charge in [0.15, 0.2) is 0 Å². The summed E-state index contributed by atoms with van der Waals surface area (Å²) in [6.45, 7) is 6.86. The van der Waals surface area contributed by atoms with Gasteiger partial charge in [-0.2, -0.15) is 0 Å². The average molecular weight is 810 g/mol. The third kappa shape index (κ3) is 9.54. The number of nitrogens with one attached hydrogen (secondary N) is 4. The molecule has 18 heteroatoms. The molecule has 1 unspecified atom stereocenters. The van der Waals surface area contributed by atoms with E-state index in [-0.39, 0.29) is 57.2 Å². The number of halogens is 2. The van der Waals surface area contributed by atoms with Gasteiger partial charge in [-0.15, -0.1) is 0 Å². The van der Waals surface area contributed by atoms with Gasteiger partial charge in [-0.1, -0.05) is 24.6 Å². The second kappa shape index (κ2) is 17.9. The fraction of sp³-hybridized carbons (Fsp3) is 0.525. The molecular weight excluding hydrogens is 760 g/mol. The van der Waals surface area contributed by atoms with Gasteiger partial charge in [-0.25, -0.2) is 18.4 Å². The van der Waals surface area contributed by atoms with E-state index in [9.17, 15) is 42.3 Å². The number of cyclic esters (lactones) is 1. The number of carbonyl (C=O) groups excluding carboxylic acids is 7. The Morgan fingerprint density at radius 3 is 2.28 bits per heavy atom. The second-order valence-electron chi connectivity index (χ2n) is 15.5. The van der Waals surface area contributed by atoms with Crippen molar-refractivity contribution in [1.29, 1.82) is 0 Å². The van der Waals surface area contributed by atoms with E-state index < -0.39 is 102 Å². The number of ether oxygens (including phenoxy) is 2. The smallest absolute Gasteiger partial charge is 0.329 e. The van der Waals surface area contributed by atoms with Crippen LogP contribution in [-0.4, -0.2) is 131 Å². The Kier molecular flexibility index (Phi) is 12.9. The molecule has 0 aromatic heterocycles. The van der Waals surface area contributed by atoms with Gasteiger partial charge in [0.25, 0.3) is 0 Å². The van der Waals surface area contributed by atoms with E-state index in [1.165, 1.54) is 28.5 Å². The Bertz CT molecular complexity index is 1910. The largest absolute Gasteiger partial charge is 0.458 e. The number of amides is 7. The molecule has 2 aromatic carbocycles. The lowest BCUT2D eigenvalue weighted by Crippen LogP contribution is -2.64. The minimum atomic E-state index is -1.64. The van der Waals surface area contributed by atoms with Crippen LogP contribution in [0.3, 0.4) is 0 Å². The van der Waals surface area contributed by atoms with Crippen LogP contribution in [-0.2, 0) is 44.7 Å². The molecule has 4 fully saturated rings. The van der Waals surface area contributed by atoms with Gasteiger partial charge in [-0.05, 0) is 75.8 Å². The van der Waals surface area contributed by atoms with Crippen LogP contribution in [0.5, 0.6) is 0 Å². The Hall–Kier alpha value is -5.65.